The largest absolute Gasteiger partial charge is 0.454 e. The third-order valence-electron chi connectivity index (χ3n) is 11.5. The molecule has 0 unspecified atom stereocenters. The number of fused-ring (bicyclic) bond motifs is 17. The molecule has 8 aromatic carbocycles. The van der Waals surface area contributed by atoms with Crippen molar-refractivity contribution in [2.75, 3.05) is 4.90 Å². The molecule has 0 spiro atoms. The molecular weight excluding hydrogens is 635 g/mol. The molecule has 0 amide bonds. The first kappa shape index (κ1) is 26.8. The summed E-state index contributed by atoms with van der Waals surface area (Å²) < 4.78 is 11.8. The van der Waals surface area contributed by atoms with Gasteiger partial charge in [0.25, 0.3) is 0 Å². The van der Waals surface area contributed by atoms with Gasteiger partial charge >= 0.3 is 0 Å². The van der Waals surface area contributed by atoms with E-state index in [4.69, 9.17) is 4.42 Å². The van der Waals surface area contributed by atoms with Crippen molar-refractivity contribution >= 4 is 115 Å². The Balaban J connectivity index is 1.27. The molecule has 13 rings (SSSR count). The van der Waals surface area contributed by atoms with Crippen molar-refractivity contribution in [3.8, 4) is 0 Å². The summed E-state index contributed by atoms with van der Waals surface area (Å²) in [5.74, 6) is 0. The summed E-state index contributed by atoms with van der Waals surface area (Å²) in [4.78, 5) is 2.41. The topological polar surface area (TPSA) is 25.2 Å². The van der Waals surface area contributed by atoms with Crippen LogP contribution in [0.15, 0.2) is 168 Å². The summed E-state index contributed by atoms with van der Waals surface area (Å²) in [6.45, 7) is 0. The maximum atomic E-state index is 6.75. The summed E-state index contributed by atoms with van der Waals surface area (Å²) in [6, 6.07) is 59.4. The van der Waals surface area contributed by atoms with Crippen LogP contribution in [0.4, 0.5) is 17.1 Å². The highest BCUT2D eigenvalue weighted by atomic mass is 16.3. The van der Waals surface area contributed by atoms with Crippen molar-refractivity contribution in [3.05, 3.63) is 164 Å². The Morgan fingerprint density at radius 2 is 0.942 bits per heavy atom. The molecule has 0 N–H and O–H groups in total. The molecule has 0 aliphatic carbocycles. The Morgan fingerprint density at radius 3 is 1.71 bits per heavy atom. The molecule has 0 fully saturated rings. The summed E-state index contributed by atoms with van der Waals surface area (Å²) in [6.07, 6.45) is 0. The summed E-state index contributed by atoms with van der Waals surface area (Å²) in [5, 5.41) is 12.4. The van der Waals surface area contributed by atoms with E-state index in [0.717, 1.165) is 38.8 Å². The lowest BCUT2D eigenvalue weighted by molar-refractivity contribution is 0.671. The molecule has 0 bridgehead atoms. The first-order chi connectivity index (χ1) is 25.8. The van der Waals surface area contributed by atoms with Gasteiger partial charge < -0.3 is 18.1 Å². The minimum atomic E-state index is 0.917. The zero-order valence-electron chi connectivity index (χ0n) is 27.8. The van der Waals surface area contributed by atoms with E-state index in [2.05, 4.69) is 177 Å². The van der Waals surface area contributed by atoms with Crippen molar-refractivity contribution in [2.24, 2.45) is 0 Å². The summed E-state index contributed by atoms with van der Waals surface area (Å²) in [7, 11) is 0. The Morgan fingerprint density at radius 1 is 0.365 bits per heavy atom. The molecule has 0 aliphatic heterocycles. The van der Waals surface area contributed by atoms with Crippen molar-refractivity contribution in [2.45, 2.75) is 0 Å². The van der Waals surface area contributed by atoms with Gasteiger partial charge in [-0.2, -0.15) is 0 Å². The van der Waals surface area contributed by atoms with E-state index < -0.39 is 0 Å². The minimum Gasteiger partial charge on any atom is -0.454 e. The summed E-state index contributed by atoms with van der Waals surface area (Å²) >= 11 is 0. The molecule has 0 aliphatic rings. The fraction of sp³-hybridized carbons (Fsp3) is 0. The molecule has 0 saturated carbocycles. The second-order valence-electron chi connectivity index (χ2n) is 14.0. The van der Waals surface area contributed by atoms with Crippen LogP contribution in [0.5, 0.6) is 0 Å². The zero-order valence-corrected chi connectivity index (χ0v) is 27.8. The van der Waals surface area contributed by atoms with Gasteiger partial charge in [-0.05, 0) is 60.7 Å². The Bertz CT molecular complexity index is 3530. The van der Waals surface area contributed by atoms with E-state index in [-0.39, 0.29) is 0 Å². The minimum absolute atomic E-state index is 0.917. The number of nitrogens with zero attached hydrogens (tertiary/aromatic N) is 3. The molecule has 4 nitrogen and oxygen atoms in total. The third kappa shape index (κ3) is 3.11. The van der Waals surface area contributed by atoms with Crippen LogP contribution in [0.2, 0.25) is 0 Å². The van der Waals surface area contributed by atoms with Gasteiger partial charge in [0.2, 0.25) is 0 Å². The van der Waals surface area contributed by atoms with Gasteiger partial charge in [0, 0.05) is 65.2 Å². The maximum absolute atomic E-state index is 6.75. The van der Waals surface area contributed by atoms with E-state index in [9.17, 15) is 0 Å². The van der Waals surface area contributed by atoms with Gasteiger partial charge in [-0.25, -0.2) is 0 Å². The van der Waals surface area contributed by atoms with Crippen LogP contribution in [-0.2, 0) is 0 Å². The fourth-order valence-electron chi connectivity index (χ4n) is 9.55. The van der Waals surface area contributed by atoms with E-state index in [1.165, 1.54) is 76.4 Å². The number of hydrogen-bond acceptors (Lipinski definition) is 2. The molecule has 4 heteroatoms. The summed E-state index contributed by atoms with van der Waals surface area (Å²) in [5.41, 5.74) is 12.6. The van der Waals surface area contributed by atoms with E-state index in [0.29, 0.717) is 0 Å². The maximum Gasteiger partial charge on any atom is 0.160 e. The average Bonchev–Trinajstić information content (AvgIpc) is 4.00. The van der Waals surface area contributed by atoms with Crippen LogP contribution in [0.25, 0.3) is 98.1 Å². The number of para-hydroxylation sites is 5. The highest BCUT2D eigenvalue weighted by Gasteiger charge is 2.29. The lowest BCUT2D eigenvalue weighted by Crippen LogP contribution is -2.10. The Hall–Kier alpha value is -7.04. The van der Waals surface area contributed by atoms with Crippen LogP contribution in [0.1, 0.15) is 0 Å². The molecule has 13 aromatic rings. The number of benzene rings is 8. The Kier molecular flexibility index (Phi) is 4.83. The van der Waals surface area contributed by atoms with Crippen LogP contribution in [-0.4, -0.2) is 8.80 Å². The van der Waals surface area contributed by atoms with Gasteiger partial charge in [-0.15, -0.1) is 0 Å². The van der Waals surface area contributed by atoms with Crippen molar-refractivity contribution in [3.63, 3.8) is 0 Å². The molecule has 0 saturated heterocycles. The van der Waals surface area contributed by atoms with Crippen LogP contribution < -0.4 is 4.90 Å². The van der Waals surface area contributed by atoms with Gasteiger partial charge in [0.15, 0.2) is 5.58 Å². The van der Waals surface area contributed by atoms with Crippen LogP contribution in [0, 0.1) is 0 Å². The Labute approximate surface area is 296 Å². The van der Waals surface area contributed by atoms with Gasteiger partial charge in [-0.3, -0.25) is 0 Å². The number of hydrogen-bond donors (Lipinski definition) is 0. The smallest absolute Gasteiger partial charge is 0.160 e. The standard InChI is InChI=1S/C48H27N3O/c1-3-13-28(14-4-1)49(29-15-5-2-6-16-29)39-26-25-34-42-40(50-38-21-11-8-19-33(38)43(39)45(34)50)27-36-30-17-7-10-20-37(30)51-46(36)44(42)35-24-23-32-31-18-9-12-22-41(31)52-48(32)47(35)51/h1-27H. The highest BCUT2D eigenvalue weighted by Crippen LogP contribution is 2.52. The molecule has 5 aromatic heterocycles. The van der Waals surface area contributed by atoms with Crippen molar-refractivity contribution in [1.82, 2.24) is 8.80 Å². The molecule has 0 atom stereocenters. The SMILES string of the molecule is c1ccc(N(c2ccccc2)c2ccc3c4c5c6ccc7c8ccccc8oc7c6n6c7ccccc7c(cc4n4c7ccccc7c2c34)c56)cc1. The van der Waals surface area contributed by atoms with Gasteiger partial charge in [-0.1, -0.05) is 103 Å². The number of rotatable bonds is 3. The van der Waals surface area contributed by atoms with Gasteiger partial charge in [0.05, 0.1) is 38.8 Å². The lowest BCUT2D eigenvalue weighted by atomic mass is 9.99. The van der Waals surface area contributed by atoms with E-state index in [1.54, 1.807) is 0 Å². The highest BCUT2D eigenvalue weighted by molar-refractivity contribution is 6.40. The third-order valence-corrected chi connectivity index (χ3v) is 11.5. The average molecular weight is 662 g/mol. The molecule has 5 heterocycles. The van der Waals surface area contributed by atoms with E-state index in [1.807, 2.05) is 0 Å². The van der Waals surface area contributed by atoms with Crippen molar-refractivity contribution < 1.29 is 4.42 Å². The second kappa shape index (κ2) is 9.39. The van der Waals surface area contributed by atoms with Crippen LogP contribution in [0.3, 0.4) is 0 Å². The number of furan rings is 1. The monoisotopic (exact) mass is 661 g/mol. The zero-order chi connectivity index (χ0) is 33.7. The molecule has 0 radical (unpaired) electrons. The molecular formula is C48H27N3O. The quantitative estimate of drug-likeness (QED) is 0.188. The predicted molar refractivity (Wildman–Crippen MR) is 218 cm³/mol. The van der Waals surface area contributed by atoms with Crippen molar-refractivity contribution in [1.29, 1.82) is 0 Å². The first-order valence-corrected chi connectivity index (χ1v) is 17.9. The van der Waals surface area contributed by atoms with E-state index >= 15 is 0 Å². The molecule has 52 heavy (non-hydrogen) atoms. The fourth-order valence-corrected chi connectivity index (χ4v) is 9.55. The normalized spacial score (nSPS) is 12.6. The van der Waals surface area contributed by atoms with Crippen LogP contribution >= 0.6 is 0 Å². The first-order valence-electron chi connectivity index (χ1n) is 17.9. The van der Waals surface area contributed by atoms with Gasteiger partial charge in [0.1, 0.15) is 5.58 Å². The molecule has 240 valence electrons. The number of aromatic nitrogens is 2. The number of anilines is 3. The second-order valence-corrected chi connectivity index (χ2v) is 14.0. The lowest BCUT2D eigenvalue weighted by Gasteiger charge is -2.26. The predicted octanol–water partition coefficient (Wildman–Crippen LogP) is 13.4.